The molecular weight excluding hydrogens is 202 g/mol. The third-order valence-corrected chi connectivity index (χ3v) is 3.55. The number of likely N-dealkylation sites (N-methyl/N-ethyl adjacent to an activating group) is 1. The smallest absolute Gasteiger partial charge is 0.234 e. The highest BCUT2D eigenvalue weighted by molar-refractivity contribution is 5.79. The Labute approximate surface area is 98.6 Å². The van der Waals surface area contributed by atoms with Gasteiger partial charge in [0.05, 0.1) is 6.04 Å². The van der Waals surface area contributed by atoms with Crippen LogP contribution in [0.4, 0.5) is 0 Å². The van der Waals surface area contributed by atoms with Gasteiger partial charge in [-0.3, -0.25) is 9.69 Å². The molecule has 0 bridgehead atoms. The number of carbonyl (C=O) groups excluding carboxylic acids is 1. The van der Waals surface area contributed by atoms with Gasteiger partial charge in [0.25, 0.3) is 0 Å². The molecule has 94 valence electrons. The summed E-state index contributed by atoms with van der Waals surface area (Å²) in [6.07, 6.45) is 3.32. The molecule has 1 atom stereocenters. The van der Waals surface area contributed by atoms with Gasteiger partial charge in [-0.2, -0.15) is 0 Å². The topological polar surface area (TPSA) is 58.4 Å². The summed E-state index contributed by atoms with van der Waals surface area (Å²) in [5.74, 6) is -0.237. The second-order valence-electron chi connectivity index (χ2n) is 5.20. The molecule has 1 aliphatic rings. The molecule has 16 heavy (non-hydrogen) atoms. The van der Waals surface area contributed by atoms with Crippen LogP contribution in [0.5, 0.6) is 0 Å². The average molecular weight is 227 g/mol. The van der Waals surface area contributed by atoms with Crippen molar-refractivity contribution in [3.05, 3.63) is 0 Å². The summed E-state index contributed by atoms with van der Waals surface area (Å²) >= 11 is 0. The van der Waals surface area contributed by atoms with Crippen molar-refractivity contribution in [3.8, 4) is 0 Å². The largest absolute Gasteiger partial charge is 0.368 e. The predicted molar refractivity (Wildman–Crippen MR) is 66.2 cm³/mol. The van der Waals surface area contributed by atoms with E-state index < -0.39 is 0 Å². The minimum atomic E-state index is -0.237. The van der Waals surface area contributed by atoms with Crippen molar-refractivity contribution < 1.29 is 4.79 Å². The molecule has 1 unspecified atom stereocenters. The van der Waals surface area contributed by atoms with Crippen LogP contribution in [0, 0.1) is 0 Å². The fourth-order valence-corrected chi connectivity index (χ4v) is 2.45. The van der Waals surface area contributed by atoms with Gasteiger partial charge in [0, 0.05) is 12.1 Å². The van der Waals surface area contributed by atoms with Crippen LogP contribution in [0.2, 0.25) is 0 Å². The molecule has 0 aromatic heterocycles. The molecule has 0 aromatic carbocycles. The van der Waals surface area contributed by atoms with Gasteiger partial charge < -0.3 is 11.1 Å². The summed E-state index contributed by atoms with van der Waals surface area (Å²) in [7, 11) is 0. The second-order valence-corrected chi connectivity index (χ2v) is 5.20. The Morgan fingerprint density at radius 2 is 2.25 bits per heavy atom. The molecule has 1 amide bonds. The van der Waals surface area contributed by atoms with Crippen LogP contribution in [-0.4, -0.2) is 42.0 Å². The van der Waals surface area contributed by atoms with E-state index in [-0.39, 0.29) is 17.5 Å². The number of rotatable bonds is 6. The van der Waals surface area contributed by atoms with E-state index in [0.717, 1.165) is 26.1 Å². The highest BCUT2D eigenvalue weighted by Gasteiger charge is 2.31. The van der Waals surface area contributed by atoms with E-state index in [0.29, 0.717) is 0 Å². The number of carbonyl (C=O) groups is 1. The number of primary amides is 1. The number of amides is 1. The van der Waals surface area contributed by atoms with Crippen molar-refractivity contribution in [2.24, 2.45) is 5.73 Å². The fourth-order valence-electron chi connectivity index (χ4n) is 2.45. The zero-order valence-electron chi connectivity index (χ0n) is 10.8. The van der Waals surface area contributed by atoms with Crippen LogP contribution < -0.4 is 11.1 Å². The van der Waals surface area contributed by atoms with Gasteiger partial charge in [0.15, 0.2) is 0 Å². The lowest BCUT2D eigenvalue weighted by Gasteiger charge is -2.32. The van der Waals surface area contributed by atoms with Crippen LogP contribution in [0.3, 0.4) is 0 Å². The molecular formula is C12H25N3O. The number of hydrogen-bond acceptors (Lipinski definition) is 3. The van der Waals surface area contributed by atoms with E-state index >= 15 is 0 Å². The minimum Gasteiger partial charge on any atom is -0.368 e. The fraction of sp³-hybridized carbons (Fsp3) is 0.917. The maximum atomic E-state index is 11.2. The molecule has 1 heterocycles. The van der Waals surface area contributed by atoms with Crippen LogP contribution in [-0.2, 0) is 4.79 Å². The zero-order chi connectivity index (χ0) is 12.2. The first-order valence-electron chi connectivity index (χ1n) is 6.25. The molecule has 0 aliphatic carbocycles. The van der Waals surface area contributed by atoms with Gasteiger partial charge in [-0.05, 0) is 46.2 Å². The van der Waals surface area contributed by atoms with E-state index in [2.05, 4.69) is 24.1 Å². The van der Waals surface area contributed by atoms with Crippen molar-refractivity contribution in [3.63, 3.8) is 0 Å². The third kappa shape index (κ3) is 3.46. The van der Waals surface area contributed by atoms with Crippen molar-refractivity contribution in [1.29, 1.82) is 0 Å². The molecule has 4 nitrogen and oxygen atoms in total. The quantitative estimate of drug-likeness (QED) is 0.703. The Balaban J connectivity index is 2.40. The van der Waals surface area contributed by atoms with Crippen molar-refractivity contribution in [1.82, 2.24) is 10.2 Å². The normalized spacial score (nSPS) is 22.2. The Hall–Kier alpha value is -0.610. The lowest BCUT2D eigenvalue weighted by molar-refractivity contribution is -0.120. The Bertz CT molecular complexity index is 240. The molecule has 1 rings (SSSR count). The molecule has 0 spiro atoms. The van der Waals surface area contributed by atoms with E-state index in [1.807, 2.05) is 6.92 Å². The van der Waals surface area contributed by atoms with Gasteiger partial charge in [-0.25, -0.2) is 0 Å². The van der Waals surface area contributed by atoms with E-state index in [1.165, 1.54) is 12.8 Å². The highest BCUT2D eigenvalue weighted by Crippen LogP contribution is 2.28. The summed E-state index contributed by atoms with van der Waals surface area (Å²) in [6, 6.07) is -0.179. The summed E-state index contributed by atoms with van der Waals surface area (Å²) in [6.45, 7) is 9.42. The Morgan fingerprint density at radius 3 is 2.69 bits per heavy atom. The highest BCUT2D eigenvalue weighted by atomic mass is 16.1. The average Bonchev–Trinajstić information content (AvgIpc) is 2.52. The molecule has 3 N–H and O–H groups in total. The Kier molecular flexibility index (Phi) is 4.74. The molecule has 1 aliphatic heterocycles. The molecule has 4 heteroatoms. The van der Waals surface area contributed by atoms with Gasteiger partial charge in [-0.1, -0.05) is 6.92 Å². The summed E-state index contributed by atoms with van der Waals surface area (Å²) < 4.78 is 0. The summed E-state index contributed by atoms with van der Waals surface area (Å²) in [5.41, 5.74) is 5.64. The summed E-state index contributed by atoms with van der Waals surface area (Å²) in [5, 5.41) is 3.13. The van der Waals surface area contributed by atoms with E-state index in [9.17, 15) is 4.79 Å². The van der Waals surface area contributed by atoms with Crippen molar-refractivity contribution in [2.45, 2.75) is 51.6 Å². The number of likely N-dealkylation sites (tertiary alicyclic amines) is 1. The number of nitrogens with one attached hydrogen (secondary N) is 1. The molecule has 1 saturated heterocycles. The SMILES string of the molecule is CCNC(CCN1CCCC1(C)C)C(N)=O. The lowest BCUT2D eigenvalue weighted by Crippen LogP contribution is -2.46. The molecule has 1 fully saturated rings. The maximum Gasteiger partial charge on any atom is 0.234 e. The van der Waals surface area contributed by atoms with Gasteiger partial charge in [-0.15, -0.1) is 0 Å². The molecule has 0 saturated carbocycles. The van der Waals surface area contributed by atoms with Crippen LogP contribution in [0.15, 0.2) is 0 Å². The van der Waals surface area contributed by atoms with Crippen LogP contribution in [0.25, 0.3) is 0 Å². The van der Waals surface area contributed by atoms with E-state index in [1.54, 1.807) is 0 Å². The lowest BCUT2D eigenvalue weighted by atomic mass is 10.0. The van der Waals surface area contributed by atoms with Crippen molar-refractivity contribution in [2.75, 3.05) is 19.6 Å². The number of nitrogens with two attached hydrogens (primary N) is 1. The second kappa shape index (κ2) is 5.64. The van der Waals surface area contributed by atoms with Crippen molar-refractivity contribution >= 4 is 5.91 Å². The molecule has 0 radical (unpaired) electrons. The van der Waals surface area contributed by atoms with Gasteiger partial charge in [0.1, 0.15) is 0 Å². The van der Waals surface area contributed by atoms with Gasteiger partial charge in [0.2, 0.25) is 5.91 Å². The first kappa shape index (κ1) is 13.5. The van der Waals surface area contributed by atoms with Gasteiger partial charge >= 0.3 is 0 Å². The van der Waals surface area contributed by atoms with Crippen LogP contribution >= 0.6 is 0 Å². The number of hydrogen-bond donors (Lipinski definition) is 2. The zero-order valence-corrected chi connectivity index (χ0v) is 10.8. The Morgan fingerprint density at radius 1 is 1.56 bits per heavy atom. The van der Waals surface area contributed by atoms with Crippen LogP contribution in [0.1, 0.15) is 40.0 Å². The monoisotopic (exact) mass is 227 g/mol. The first-order chi connectivity index (χ1) is 7.47. The predicted octanol–water partition coefficient (Wildman–Crippen LogP) is 0.714. The molecule has 0 aromatic rings. The van der Waals surface area contributed by atoms with E-state index in [4.69, 9.17) is 5.73 Å². The number of nitrogens with zero attached hydrogens (tertiary/aromatic N) is 1. The maximum absolute atomic E-state index is 11.2. The summed E-state index contributed by atoms with van der Waals surface area (Å²) in [4.78, 5) is 13.7. The first-order valence-corrected chi connectivity index (χ1v) is 6.25. The minimum absolute atomic E-state index is 0.179. The third-order valence-electron chi connectivity index (χ3n) is 3.55. The standard InChI is InChI=1S/C12H25N3O/c1-4-14-10(11(13)16)6-9-15-8-5-7-12(15,2)3/h10,14H,4-9H2,1-3H3,(H2,13,16).